The van der Waals surface area contributed by atoms with Crippen LogP contribution in [0.15, 0.2) is 47.4 Å². The second-order valence-electron chi connectivity index (χ2n) is 4.49. The van der Waals surface area contributed by atoms with Crippen molar-refractivity contribution in [1.82, 2.24) is 0 Å². The summed E-state index contributed by atoms with van der Waals surface area (Å²) < 4.78 is 36.0. The van der Waals surface area contributed by atoms with E-state index in [4.69, 9.17) is 5.73 Å². The first-order valence-corrected chi connectivity index (χ1v) is 7.83. The summed E-state index contributed by atoms with van der Waals surface area (Å²) in [5.41, 5.74) is 5.77. The fourth-order valence-corrected chi connectivity index (χ4v) is 2.36. The fourth-order valence-electron chi connectivity index (χ4n) is 1.69. The standard InChI is InChI=1S/C14H13FN2O3S/c1-21(19,20)11-4-2-3-10(8-11)17-14(18)9-5-6-12(15)13(16)7-9/h2-8H,16H2,1H3,(H,17,18). The summed E-state index contributed by atoms with van der Waals surface area (Å²) in [4.78, 5) is 12.1. The molecule has 5 nitrogen and oxygen atoms in total. The average molecular weight is 308 g/mol. The molecule has 0 saturated heterocycles. The van der Waals surface area contributed by atoms with Gasteiger partial charge in [0, 0.05) is 17.5 Å². The number of amides is 1. The molecule has 0 bridgehead atoms. The quantitative estimate of drug-likeness (QED) is 0.849. The number of carbonyl (C=O) groups is 1. The summed E-state index contributed by atoms with van der Waals surface area (Å²) in [5, 5.41) is 2.54. The molecule has 0 spiro atoms. The molecule has 2 aromatic rings. The molecule has 0 aliphatic rings. The van der Waals surface area contributed by atoms with E-state index in [1.54, 1.807) is 6.07 Å². The molecule has 21 heavy (non-hydrogen) atoms. The Balaban J connectivity index is 2.25. The van der Waals surface area contributed by atoms with Gasteiger partial charge in [-0.3, -0.25) is 4.79 Å². The number of sulfone groups is 1. The third-order valence-corrected chi connectivity index (χ3v) is 3.89. The Kier molecular flexibility index (Phi) is 3.95. The highest BCUT2D eigenvalue weighted by molar-refractivity contribution is 7.90. The third-order valence-electron chi connectivity index (χ3n) is 2.78. The average Bonchev–Trinajstić information content (AvgIpc) is 2.41. The van der Waals surface area contributed by atoms with Gasteiger partial charge in [0.05, 0.1) is 10.6 Å². The summed E-state index contributed by atoms with van der Waals surface area (Å²) in [6.45, 7) is 0. The molecule has 1 amide bonds. The summed E-state index contributed by atoms with van der Waals surface area (Å²) >= 11 is 0. The first-order valence-electron chi connectivity index (χ1n) is 5.94. The Morgan fingerprint density at radius 3 is 2.52 bits per heavy atom. The monoisotopic (exact) mass is 308 g/mol. The van der Waals surface area contributed by atoms with Crippen LogP contribution in [-0.4, -0.2) is 20.6 Å². The van der Waals surface area contributed by atoms with E-state index in [9.17, 15) is 17.6 Å². The summed E-state index contributed by atoms with van der Waals surface area (Å²) in [5.74, 6) is -1.11. The van der Waals surface area contributed by atoms with E-state index >= 15 is 0 Å². The number of carbonyl (C=O) groups excluding carboxylic acids is 1. The van der Waals surface area contributed by atoms with Crippen LogP contribution in [0.25, 0.3) is 0 Å². The first kappa shape index (κ1) is 15.0. The molecule has 2 rings (SSSR count). The Morgan fingerprint density at radius 2 is 1.90 bits per heavy atom. The van der Waals surface area contributed by atoms with Crippen LogP contribution in [0, 0.1) is 5.82 Å². The van der Waals surface area contributed by atoms with Crippen LogP contribution in [0.1, 0.15) is 10.4 Å². The highest BCUT2D eigenvalue weighted by atomic mass is 32.2. The number of nitrogen functional groups attached to an aromatic ring is 1. The normalized spacial score (nSPS) is 11.1. The number of benzene rings is 2. The number of halogens is 1. The lowest BCUT2D eigenvalue weighted by molar-refractivity contribution is 0.102. The molecule has 0 atom stereocenters. The highest BCUT2D eigenvalue weighted by Crippen LogP contribution is 2.17. The van der Waals surface area contributed by atoms with E-state index in [-0.39, 0.29) is 16.1 Å². The lowest BCUT2D eigenvalue weighted by Crippen LogP contribution is -2.13. The van der Waals surface area contributed by atoms with Gasteiger partial charge in [0.1, 0.15) is 5.82 Å². The predicted octanol–water partition coefficient (Wildman–Crippen LogP) is 2.06. The van der Waals surface area contributed by atoms with Crippen molar-refractivity contribution in [1.29, 1.82) is 0 Å². The van der Waals surface area contributed by atoms with Crippen LogP contribution < -0.4 is 11.1 Å². The summed E-state index contributed by atoms with van der Waals surface area (Å²) in [7, 11) is -3.36. The molecule has 0 heterocycles. The van der Waals surface area contributed by atoms with Gasteiger partial charge in [-0.15, -0.1) is 0 Å². The molecular weight excluding hydrogens is 295 g/mol. The Bertz CT molecular complexity index is 804. The van der Waals surface area contributed by atoms with Crippen LogP contribution in [0.3, 0.4) is 0 Å². The van der Waals surface area contributed by atoms with Crippen molar-refractivity contribution in [2.24, 2.45) is 0 Å². The van der Waals surface area contributed by atoms with E-state index in [0.717, 1.165) is 12.3 Å². The molecule has 0 radical (unpaired) electrons. The highest BCUT2D eigenvalue weighted by Gasteiger charge is 2.11. The SMILES string of the molecule is CS(=O)(=O)c1cccc(NC(=O)c2ccc(F)c(N)c2)c1. The van der Waals surface area contributed by atoms with Crippen molar-refractivity contribution < 1.29 is 17.6 Å². The second kappa shape index (κ2) is 5.53. The number of rotatable bonds is 3. The van der Waals surface area contributed by atoms with Crippen molar-refractivity contribution >= 4 is 27.1 Å². The number of nitrogens with two attached hydrogens (primary N) is 1. The van der Waals surface area contributed by atoms with Gasteiger partial charge in [0.2, 0.25) is 0 Å². The van der Waals surface area contributed by atoms with Crippen molar-refractivity contribution in [3.05, 3.63) is 53.8 Å². The van der Waals surface area contributed by atoms with Crippen molar-refractivity contribution in [2.45, 2.75) is 4.90 Å². The molecule has 7 heteroatoms. The van der Waals surface area contributed by atoms with Gasteiger partial charge in [-0.2, -0.15) is 0 Å². The molecule has 2 aromatic carbocycles. The number of anilines is 2. The van der Waals surface area contributed by atoms with Crippen LogP contribution in [0.5, 0.6) is 0 Å². The zero-order valence-corrected chi connectivity index (χ0v) is 11.9. The Labute approximate surface area is 121 Å². The zero-order chi connectivity index (χ0) is 15.6. The maximum Gasteiger partial charge on any atom is 0.255 e. The van der Waals surface area contributed by atoms with E-state index in [0.29, 0.717) is 5.69 Å². The van der Waals surface area contributed by atoms with Gasteiger partial charge >= 0.3 is 0 Å². The van der Waals surface area contributed by atoms with Crippen molar-refractivity contribution in [3.8, 4) is 0 Å². The molecule has 110 valence electrons. The third kappa shape index (κ3) is 3.57. The van der Waals surface area contributed by atoms with Gasteiger partial charge in [0.25, 0.3) is 5.91 Å². The maximum atomic E-state index is 13.0. The number of hydrogen-bond acceptors (Lipinski definition) is 4. The minimum absolute atomic E-state index is 0.0962. The molecule has 0 fully saturated rings. The van der Waals surface area contributed by atoms with E-state index in [2.05, 4.69) is 5.32 Å². The maximum absolute atomic E-state index is 13.0. The topological polar surface area (TPSA) is 89.3 Å². The first-order chi connectivity index (χ1) is 9.77. The second-order valence-corrected chi connectivity index (χ2v) is 6.51. The van der Waals surface area contributed by atoms with Gasteiger partial charge in [-0.25, -0.2) is 12.8 Å². The van der Waals surface area contributed by atoms with E-state index < -0.39 is 21.6 Å². The molecule has 0 saturated carbocycles. The lowest BCUT2D eigenvalue weighted by atomic mass is 10.2. The smallest absolute Gasteiger partial charge is 0.255 e. The molecule has 0 aliphatic heterocycles. The Hall–Kier alpha value is -2.41. The largest absolute Gasteiger partial charge is 0.396 e. The van der Waals surface area contributed by atoms with Crippen LogP contribution in [0.4, 0.5) is 15.8 Å². The van der Waals surface area contributed by atoms with Crippen molar-refractivity contribution in [2.75, 3.05) is 17.3 Å². The Morgan fingerprint density at radius 1 is 1.19 bits per heavy atom. The zero-order valence-electron chi connectivity index (χ0n) is 11.1. The van der Waals surface area contributed by atoms with E-state index in [1.165, 1.54) is 30.3 Å². The van der Waals surface area contributed by atoms with Gasteiger partial charge < -0.3 is 11.1 Å². The molecular formula is C14H13FN2O3S. The number of hydrogen-bond donors (Lipinski definition) is 2. The van der Waals surface area contributed by atoms with E-state index in [1.807, 2.05) is 0 Å². The molecule has 0 aromatic heterocycles. The molecule has 3 N–H and O–H groups in total. The summed E-state index contributed by atoms with van der Waals surface area (Å²) in [6.07, 6.45) is 1.08. The van der Waals surface area contributed by atoms with Crippen LogP contribution >= 0.6 is 0 Å². The minimum Gasteiger partial charge on any atom is -0.396 e. The van der Waals surface area contributed by atoms with Gasteiger partial charge in [-0.1, -0.05) is 6.07 Å². The molecule has 0 aliphatic carbocycles. The van der Waals surface area contributed by atoms with Gasteiger partial charge in [-0.05, 0) is 36.4 Å². The van der Waals surface area contributed by atoms with Crippen LogP contribution in [-0.2, 0) is 9.84 Å². The predicted molar refractivity (Wildman–Crippen MR) is 78.3 cm³/mol. The van der Waals surface area contributed by atoms with Crippen LogP contribution in [0.2, 0.25) is 0 Å². The van der Waals surface area contributed by atoms with Crippen molar-refractivity contribution in [3.63, 3.8) is 0 Å². The summed E-state index contributed by atoms with van der Waals surface area (Å²) in [6, 6.07) is 9.45. The minimum atomic E-state index is -3.36. The number of nitrogens with one attached hydrogen (secondary N) is 1. The molecule has 0 unspecified atom stereocenters. The van der Waals surface area contributed by atoms with Gasteiger partial charge in [0.15, 0.2) is 9.84 Å². The lowest BCUT2D eigenvalue weighted by Gasteiger charge is -2.07. The fraction of sp³-hybridized carbons (Fsp3) is 0.0714.